The van der Waals surface area contributed by atoms with E-state index in [0.717, 1.165) is 33.5 Å². The minimum atomic E-state index is -0.120. The number of aromatic nitrogens is 4. The molecule has 4 rings (SSSR count). The number of fused-ring (bicyclic) bond motifs is 1. The highest BCUT2D eigenvalue weighted by atomic mass is 16.1. The molecule has 174 valence electrons. The van der Waals surface area contributed by atoms with E-state index in [2.05, 4.69) is 45.5 Å². The molecule has 0 radical (unpaired) electrons. The molecule has 0 aliphatic heterocycles. The molecule has 34 heavy (non-hydrogen) atoms. The van der Waals surface area contributed by atoms with Crippen molar-refractivity contribution < 1.29 is 4.79 Å². The minimum Gasteiger partial charge on any atom is -0.370 e. The van der Waals surface area contributed by atoms with Crippen LogP contribution in [-0.4, -0.2) is 39.0 Å². The predicted octanol–water partition coefficient (Wildman–Crippen LogP) is 3.60. The molecule has 8 nitrogen and oxygen atoms in total. The van der Waals surface area contributed by atoms with Gasteiger partial charge in [0.15, 0.2) is 0 Å². The molecule has 2 atom stereocenters. The van der Waals surface area contributed by atoms with E-state index in [9.17, 15) is 9.59 Å². The van der Waals surface area contributed by atoms with Crippen molar-refractivity contribution in [3.8, 4) is 11.3 Å². The highest BCUT2D eigenvalue weighted by Crippen LogP contribution is 2.31. The van der Waals surface area contributed by atoms with Gasteiger partial charge in [0.05, 0.1) is 16.8 Å². The first-order valence-corrected chi connectivity index (χ1v) is 11.2. The third kappa shape index (κ3) is 4.66. The molecule has 4 aromatic rings. The Labute approximate surface area is 198 Å². The fraction of sp³-hybridized carbons (Fsp3) is 0.269. The van der Waals surface area contributed by atoms with E-state index in [-0.39, 0.29) is 23.3 Å². The quantitative estimate of drug-likeness (QED) is 0.441. The van der Waals surface area contributed by atoms with Crippen LogP contribution in [0.5, 0.6) is 0 Å². The second kappa shape index (κ2) is 9.82. The van der Waals surface area contributed by atoms with Gasteiger partial charge >= 0.3 is 0 Å². The van der Waals surface area contributed by atoms with Crippen molar-refractivity contribution in [3.63, 3.8) is 0 Å². The van der Waals surface area contributed by atoms with Gasteiger partial charge < -0.3 is 15.2 Å². The number of para-hydroxylation sites is 1. The van der Waals surface area contributed by atoms with E-state index in [4.69, 9.17) is 0 Å². The number of pyridine rings is 2. The van der Waals surface area contributed by atoms with Gasteiger partial charge in [0, 0.05) is 56.1 Å². The van der Waals surface area contributed by atoms with E-state index >= 15 is 0 Å². The van der Waals surface area contributed by atoms with E-state index in [1.807, 2.05) is 18.2 Å². The Morgan fingerprint density at radius 3 is 2.68 bits per heavy atom. The normalized spacial score (nSPS) is 12.8. The number of rotatable bonds is 7. The Kier molecular flexibility index (Phi) is 6.67. The lowest BCUT2D eigenvalue weighted by Gasteiger charge is -2.22. The molecule has 3 heterocycles. The molecule has 0 saturated carbocycles. The molecule has 2 unspecified atom stereocenters. The standard InChI is InChI=1S/C26H28N6O2/c1-16(13-29-23-12-22(30-15-31-23)18-8-9-24(33)32(4)14-18)17(2)19-6-5-7-20-21(26(34)27-3)10-11-28-25(19)20/h5-12,14-17H,13H2,1-4H3,(H,27,34)(H,29,30,31). The highest BCUT2D eigenvalue weighted by molar-refractivity contribution is 6.06. The van der Waals surface area contributed by atoms with Gasteiger partial charge in [0.1, 0.15) is 12.1 Å². The Hall–Kier alpha value is -4.07. The zero-order valence-corrected chi connectivity index (χ0v) is 19.7. The van der Waals surface area contributed by atoms with Crippen LogP contribution in [0.4, 0.5) is 5.82 Å². The number of aryl methyl sites for hydroxylation is 1. The Balaban J connectivity index is 1.52. The molecule has 0 fully saturated rings. The van der Waals surface area contributed by atoms with E-state index in [1.165, 1.54) is 17.0 Å². The first-order valence-electron chi connectivity index (χ1n) is 11.2. The van der Waals surface area contributed by atoms with Crippen molar-refractivity contribution in [1.29, 1.82) is 0 Å². The van der Waals surface area contributed by atoms with Gasteiger partial charge in [-0.05, 0) is 29.5 Å². The maximum Gasteiger partial charge on any atom is 0.251 e. The second-order valence-corrected chi connectivity index (χ2v) is 8.48. The largest absolute Gasteiger partial charge is 0.370 e. The van der Waals surface area contributed by atoms with Crippen LogP contribution in [0.25, 0.3) is 22.2 Å². The van der Waals surface area contributed by atoms with E-state index in [1.54, 1.807) is 38.6 Å². The van der Waals surface area contributed by atoms with Crippen molar-refractivity contribution >= 4 is 22.6 Å². The monoisotopic (exact) mass is 456 g/mol. The van der Waals surface area contributed by atoms with E-state index in [0.29, 0.717) is 12.1 Å². The third-order valence-corrected chi connectivity index (χ3v) is 6.27. The van der Waals surface area contributed by atoms with Crippen molar-refractivity contribution in [2.24, 2.45) is 13.0 Å². The first-order chi connectivity index (χ1) is 16.4. The molecule has 0 bridgehead atoms. The van der Waals surface area contributed by atoms with Crippen LogP contribution in [0, 0.1) is 5.92 Å². The number of nitrogens with zero attached hydrogens (tertiary/aromatic N) is 4. The molecular weight excluding hydrogens is 428 g/mol. The molecule has 0 aliphatic rings. The smallest absolute Gasteiger partial charge is 0.251 e. The summed E-state index contributed by atoms with van der Waals surface area (Å²) >= 11 is 0. The van der Waals surface area contributed by atoms with Crippen LogP contribution in [0.15, 0.2) is 66.0 Å². The molecule has 1 aromatic carbocycles. The Morgan fingerprint density at radius 1 is 1.09 bits per heavy atom. The number of carbonyl (C=O) groups excluding carboxylic acids is 1. The maximum atomic E-state index is 12.3. The summed E-state index contributed by atoms with van der Waals surface area (Å²) in [6.45, 7) is 5.04. The van der Waals surface area contributed by atoms with Crippen molar-refractivity contribution in [2.45, 2.75) is 19.8 Å². The van der Waals surface area contributed by atoms with Crippen molar-refractivity contribution in [3.05, 3.63) is 82.7 Å². The summed E-state index contributed by atoms with van der Waals surface area (Å²) in [5.41, 5.74) is 4.10. The summed E-state index contributed by atoms with van der Waals surface area (Å²) < 4.78 is 1.53. The van der Waals surface area contributed by atoms with Gasteiger partial charge in [-0.3, -0.25) is 14.6 Å². The van der Waals surface area contributed by atoms with E-state index < -0.39 is 0 Å². The second-order valence-electron chi connectivity index (χ2n) is 8.48. The SMILES string of the molecule is CNC(=O)c1ccnc2c(C(C)C(C)CNc3cc(-c4ccc(=O)n(C)c4)ncn3)cccc12. The van der Waals surface area contributed by atoms with Crippen LogP contribution in [-0.2, 0) is 7.05 Å². The van der Waals surface area contributed by atoms with Gasteiger partial charge in [-0.15, -0.1) is 0 Å². The lowest BCUT2D eigenvalue weighted by atomic mass is 9.87. The molecule has 0 aliphatic carbocycles. The van der Waals surface area contributed by atoms with Crippen LogP contribution in [0.1, 0.15) is 35.7 Å². The van der Waals surface area contributed by atoms with Crippen LogP contribution >= 0.6 is 0 Å². The zero-order valence-electron chi connectivity index (χ0n) is 19.7. The lowest BCUT2D eigenvalue weighted by molar-refractivity contribution is 0.0964. The van der Waals surface area contributed by atoms with Gasteiger partial charge in [-0.1, -0.05) is 32.0 Å². The first kappa shape index (κ1) is 23.1. The molecule has 0 saturated heterocycles. The molecule has 8 heteroatoms. The number of hydrogen-bond donors (Lipinski definition) is 2. The Morgan fingerprint density at radius 2 is 1.91 bits per heavy atom. The van der Waals surface area contributed by atoms with Crippen LogP contribution in [0.2, 0.25) is 0 Å². The maximum absolute atomic E-state index is 12.3. The average Bonchev–Trinajstić information content (AvgIpc) is 2.87. The zero-order chi connectivity index (χ0) is 24.2. The van der Waals surface area contributed by atoms with Gasteiger partial charge in [0.2, 0.25) is 5.56 Å². The highest BCUT2D eigenvalue weighted by Gasteiger charge is 2.19. The summed E-state index contributed by atoms with van der Waals surface area (Å²) in [7, 11) is 3.35. The summed E-state index contributed by atoms with van der Waals surface area (Å²) in [5, 5.41) is 6.96. The molecule has 2 N–H and O–H groups in total. The van der Waals surface area contributed by atoms with Gasteiger partial charge in [-0.25, -0.2) is 9.97 Å². The van der Waals surface area contributed by atoms with Gasteiger partial charge in [-0.2, -0.15) is 0 Å². The predicted molar refractivity (Wildman–Crippen MR) is 134 cm³/mol. The Bertz CT molecular complexity index is 1400. The minimum absolute atomic E-state index is 0.0654. The average molecular weight is 457 g/mol. The van der Waals surface area contributed by atoms with Crippen LogP contribution < -0.4 is 16.2 Å². The number of carbonyl (C=O) groups is 1. The fourth-order valence-corrected chi connectivity index (χ4v) is 4.01. The number of benzene rings is 1. The summed E-state index contributed by atoms with van der Waals surface area (Å²) in [5.74, 6) is 1.04. The summed E-state index contributed by atoms with van der Waals surface area (Å²) in [4.78, 5) is 37.3. The fourth-order valence-electron chi connectivity index (χ4n) is 4.01. The summed E-state index contributed by atoms with van der Waals surface area (Å²) in [6, 6.07) is 12.9. The summed E-state index contributed by atoms with van der Waals surface area (Å²) in [6.07, 6.45) is 4.97. The van der Waals surface area contributed by atoms with Crippen molar-refractivity contribution in [1.82, 2.24) is 24.8 Å². The van der Waals surface area contributed by atoms with Crippen LogP contribution in [0.3, 0.4) is 0 Å². The number of amides is 1. The topological polar surface area (TPSA) is 102 Å². The molecule has 0 spiro atoms. The van der Waals surface area contributed by atoms with Crippen molar-refractivity contribution in [2.75, 3.05) is 18.9 Å². The molecule has 1 amide bonds. The van der Waals surface area contributed by atoms with Gasteiger partial charge in [0.25, 0.3) is 5.91 Å². The lowest BCUT2D eigenvalue weighted by Crippen LogP contribution is -2.19. The molecule has 3 aromatic heterocycles. The number of nitrogens with one attached hydrogen (secondary N) is 2. The molecular formula is C26H28N6O2. The third-order valence-electron chi connectivity index (χ3n) is 6.27. The number of anilines is 1. The number of hydrogen-bond acceptors (Lipinski definition) is 6.